The number of hydrogen-bond acceptors (Lipinski definition) is 5. The smallest absolute Gasteiger partial charge is 0.303 e. The lowest BCUT2D eigenvalue weighted by molar-refractivity contribution is -0.136. The number of aryl methyl sites for hydroxylation is 2. The van der Waals surface area contributed by atoms with Crippen molar-refractivity contribution < 1.29 is 19.2 Å². The van der Waals surface area contributed by atoms with Crippen molar-refractivity contribution >= 4 is 22.6 Å². The number of ether oxygens (including phenoxy) is 1. The molecule has 0 aliphatic carbocycles. The van der Waals surface area contributed by atoms with Crippen molar-refractivity contribution in [1.82, 2.24) is 14.7 Å². The molecule has 0 bridgehead atoms. The molecule has 0 saturated carbocycles. The van der Waals surface area contributed by atoms with E-state index in [2.05, 4.69) is 15.0 Å². The van der Waals surface area contributed by atoms with Gasteiger partial charge < -0.3 is 18.9 Å². The summed E-state index contributed by atoms with van der Waals surface area (Å²) in [4.78, 5) is 19.1. The van der Waals surface area contributed by atoms with E-state index in [9.17, 15) is 4.79 Å². The van der Waals surface area contributed by atoms with Crippen molar-refractivity contribution in [1.29, 1.82) is 0 Å². The fourth-order valence-corrected chi connectivity index (χ4v) is 3.66. The van der Waals surface area contributed by atoms with Crippen LogP contribution in [0.4, 0.5) is 5.69 Å². The maximum atomic E-state index is 11.0. The van der Waals surface area contributed by atoms with E-state index in [-0.39, 0.29) is 12.5 Å². The van der Waals surface area contributed by atoms with E-state index >= 15 is 0 Å². The minimum absolute atomic E-state index is 0.0393. The maximum absolute atomic E-state index is 11.0. The molecule has 2 aromatic carbocycles. The zero-order valence-corrected chi connectivity index (χ0v) is 18.0. The van der Waals surface area contributed by atoms with Gasteiger partial charge >= 0.3 is 5.97 Å². The Morgan fingerprint density at radius 3 is 2.81 bits per heavy atom. The van der Waals surface area contributed by atoms with Crippen LogP contribution >= 0.6 is 0 Å². The average molecular weight is 430 g/mol. The molecule has 0 atom stereocenters. The Morgan fingerprint density at radius 1 is 1.28 bits per heavy atom. The van der Waals surface area contributed by atoms with Crippen molar-refractivity contribution in [2.75, 3.05) is 0 Å². The monoisotopic (exact) mass is 430 g/mol. The van der Waals surface area contributed by atoms with Crippen LogP contribution in [0, 0.1) is 6.57 Å². The first-order valence-corrected chi connectivity index (χ1v) is 10.2. The van der Waals surface area contributed by atoms with Crippen molar-refractivity contribution in [3.63, 3.8) is 0 Å². The molecule has 0 unspecified atom stereocenters. The summed E-state index contributed by atoms with van der Waals surface area (Å²) in [5.41, 5.74) is 3.66. The molecule has 8 nitrogen and oxygen atoms in total. The number of rotatable bonds is 7. The van der Waals surface area contributed by atoms with E-state index in [4.69, 9.17) is 20.9 Å². The average Bonchev–Trinajstić information content (AvgIpc) is 3.40. The lowest BCUT2D eigenvalue weighted by Crippen LogP contribution is -2.05. The van der Waals surface area contributed by atoms with Crippen molar-refractivity contribution in [2.45, 2.75) is 32.8 Å². The molecule has 2 heterocycles. The third-order valence-corrected chi connectivity index (χ3v) is 5.09. The summed E-state index contributed by atoms with van der Waals surface area (Å²) in [6.07, 6.45) is 2.39. The van der Waals surface area contributed by atoms with E-state index in [0.29, 0.717) is 35.1 Å². The molecule has 0 saturated heterocycles. The number of carbonyl (C=O) groups is 1. The van der Waals surface area contributed by atoms with Crippen LogP contribution in [0.15, 0.2) is 47.1 Å². The number of fused-ring (bicyclic) bond motifs is 1. The van der Waals surface area contributed by atoms with Crippen LogP contribution < -0.4 is 4.74 Å². The maximum Gasteiger partial charge on any atom is 0.303 e. The van der Waals surface area contributed by atoms with Crippen LogP contribution in [0.1, 0.15) is 25.8 Å². The Labute approximate surface area is 184 Å². The van der Waals surface area contributed by atoms with E-state index in [0.717, 1.165) is 22.0 Å². The second-order valence-electron chi connectivity index (χ2n) is 7.74. The molecule has 0 spiro atoms. The second kappa shape index (κ2) is 8.55. The zero-order valence-electron chi connectivity index (χ0n) is 18.0. The fourth-order valence-electron chi connectivity index (χ4n) is 3.66. The second-order valence-corrected chi connectivity index (χ2v) is 7.74. The van der Waals surface area contributed by atoms with Gasteiger partial charge in [0.15, 0.2) is 0 Å². The molecule has 4 rings (SSSR count). The Hall–Kier alpha value is -4.12. The highest BCUT2D eigenvalue weighted by Gasteiger charge is 2.18. The Morgan fingerprint density at radius 2 is 2.09 bits per heavy atom. The molecule has 0 fully saturated rings. The first-order chi connectivity index (χ1) is 15.4. The number of hydrogen-bond donors (Lipinski definition) is 1. The molecule has 162 valence electrons. The molecule has 0 aliphatic rings. The lowest BCUT2D eigenvalue weighted by Gasteiger charge is -2.11. The highest BCUT2D eigenvalue weighted by atomic mass is 16.5. The SMILES string of the molecule is [C-]#[N+]c1cc(-c2nc(-c3ccc(CCC(=O)O)c4ccn(C)c34)no2)ccc1OC(C)C. The van der Waals surface area contributed by atoms with Gasteiger partial charge in [-0.05, 0) is 56.2 Å². The number of aromatic nitrogens is 3. The molecule has 0 amide bonds. The van der Waals surface area contributed by atoms with Gasteiger partial charge in [0.1, 0.15) is 5.75 Å². The van der Waals surface area contributed by atoms with Gasteiger partial charge in [-0.1, -0.05) is 11.2 Å². The van der Waals surface area contributed by atoms with Gasteiger partial charge in [-0.15, -0.1) is 0 Å². The summed E-state index contributed by atoms with van der Waals surface area (Å²) >= 11 is 0. The minimum Gasteiger partial charge on any atom is -0.502 e. The summed E-state index contributed by atoms with van der Waals surface area (Å²) in [7, 11) is 1.92. The predicted molar refractivity (Wildman–Crippen MR) is 120 cm³/mol. The van der Waals surface area contributed by atoms with E-state index < -0.39 is 5.97 Å². The number of aliphatic carboxylic acids is 1. The van der Waals surface area contributed by atoms with E-state index in [1.54, 1.807) is 18.2 Å². The van der Waals surface area contributed by atoms with Crippen molar-refractivity contribution in [3.8, 4) is 28.6 Å². The van der Waals surface area contributed by atoms with Crippen molar-refractivity contribution in [2.24, 2.45) is 7.05 Å². The lowest BCUT2D eigenvalue weighted by atomic mass is 10.0. The van der Waals surface area contributed by atoms with Crippen LogP contribution in [0.2, 0.25) is 0 Å². The molecule has 0 radical (unpaired) electrons. The molecule has 0 aliphatic heterocycles. The summed E-state index contributed by atoms with van der Waals surface area (Å²) < 4.78 is 13.1. The number of benzene rings is 2. The van der Waals surface area contributed by atoms with Crippen LogP contribution in [-0.2, 0) is 18.3 Å². The Bertz CT molecular complexity index is 1340. The molecular formula is C24H22N4O4. The molecule has 1 N–H and O–H groups in total. The summed E-state index contributed by atoms with van der Waals surface area (Å²) in [5, 5.41) is 14.2. The van der Waals surface area contributed by atoms with Gasteiger partial charge in [-0.25, -0.2) is 4.85 Å². The van der Waals surface area contributed by atoms with Gasteiger partial charge in [0, 0.05) is 36.2 Å². The zero-order chi connectivity index (χ0) is 22.8. The first kappa shape index (κ1) is 21.1. The largest absolute Gasteiger partial charge is 0.502 e. The van der Waals surface area contributed by atoms with Crippen LogP contribution in [0.25, 0.3) is 38.6 Å². The van der Waals surface area contributed by atoms with Crippen molar-refractivity contribution in [3.05, 3.63) is 59.6 Å². The topological polar surface area (TPSA) is 94.7 Å². The number of nitrogens with zero attached hydrogens (tertiary/aromatic N) is 4. The fraction of sp³-hybridized carbons (Fsp3) is 0.250. The third-order valence-electron chi connectivity index (χ3n) is 5.09. The Balaban J connectivity index is 1.72. The minimum atomic E-state index is -0.829. The van der Waals surface area contributed by atoms with E-state index in [1.807, 2.05) is 49.9 Å². The number of carboxylic acid groups (broad SMARTS) is 1. The molecule has 2 aromatic heterocycles. The molecular weight excluding hydrogens is 408 g/mol. The highest BCUT2D eigenvalue weighted by molar-refractivity contribution is 5.95. The summed E-state index contributed by atoms with van der Waals surface area (Å²) in [6.45, 7) is 11.3. The van der Waals surface area contributed by atoms with Gasteiger partial charge in [0.05, 0.1) is 18.2 Å². The van der Waals surface area contributed by atoms with E-state index in [1.165, 1.54) is 0 Å². The summed E-state index contributed by atoms with van der Waals surface area (Å²) in [6, 6.07) is 11.0. The first-order valence-electron chi connectivity index (χ1n) is 10.2. The van der Waals surface area contributed by atoms with Gasteiger partial charge in [0.25, 0.3) is 5.89 Å². The molecule has 32 heavy (non-hydrogen) atoms. The van der Waals surface area contributed by atoms with Gasteiger partial charge in [0.2, 0.25) is 11.5 Å². The summed E-state index contributed by atoms with van der Waals surface area (Å²) in [5.74, 6) is 0.410. The number of carboxylic acids is 1. The highest BCUT2D eigenvalue weighted by Crippen LogP contribution is 2.35. The van der Waals surface area contributed by atoms with Gasteiger partial charge in [-0.3, -0.25) is 4.79 Å². The normalized spacial score (nSPS) is 11.1. The predicted octanol–water partition coefficient (Wildman–Crippen LogP) is 5.25. The van der Waals surface area contributed by atoms with Gasteiger partial charge in [-0.2, -0.15) is 4.98 Å². The van der Waals surface area contributed by atoms with Crippen LogP contribution in [0.3, 0.4) is 0 Å². The Kier molecular flexibility index (Phi) is 5.65. The molecule has 4 aromatic rings. The van der Waals surface area contributed by atoms with Crippen LogP contribution in [-0.4, -0.2) is 31.9 Å². The molecule has 8 heteroatoms. The standard InChI is InChI=1S/C24H22N4O4/c1-14(2)31-20-9-6-16(13-19(20)25-3)24-26-23(27-32-24)18-8-5-15(7-10-21(29)30)17-11-12-28(4)22(17)18/h5-6,8-9,11-14H,7,10H2,1-2,4H3,(H,29,30). The van der Waals surface area contributed by atoms with Crippen LogP contribution in [0.5, 0.6) is 5.75 Å². The quantitative estimate of drug-likeness (QED) is 0.402. The third kappa shape index (κ3) is 4.05.